The first kappa shape index (κ1) is 11.6. The van der Waals surface area contributed by atoms with Gasteiger partial charge in [0.25, 0.3) is 0 Å². The van der Waals surface area contributed by atoms with Crippen LogP contribution in [0.3, 0.4) is 0 Å². The largest absolute Gasteiger partial charge is 0.347 e. The van der Waals surface area contributed by atoms with Crippen molar-refractivity contribution < 1.29 is 0 Å². The molecule has 1 N–H and O–H groups in total. The number of hydrogen-bond acceptors (Lipinski definition) is 2. The van der Waals surface area contributed by atoms with E-state index in [1.807, 2.05) is 31.2 Å². The van der Waals surface area contributed by atoms with E-state index in [0.717, 1.165) is 36.3 Å². The van der Waals surface area contributed by atoms with E-state index in [1.165, 1.54) is 0 Å². The van der Waals surface area contributed by atoms with Gasteiger partial charge in [-0.1, -0.05) is 25.5 Å². The van der Waals surface area contributed by atoms with Crippen LogP contribution in [0.15, 0.2) is 29.1 Å². The Hall–Kier alpha value is -1.84. The molecule has 2 rings (SSSR count). The normalized spacial score (nSPS) is 10.7. The van der Waals surface area contributed by atoms with Crippen molar-refractivity contribution in [1.82, 2.24) is 14.8 Å². The second-order valence-corrected chi connectivity index (χ2v) is 4.22. The maximum atomic E-state index is 11.8. The maximum Gasteiger partial charge on any atom is 0.347 e. The maximum absolute atomic E-state index is 11.8. The average molecular weight is 231 g/mol. The smallest absolute Gasteiger partial charge is 0.247 e. The van der Waals surface area contributed by atoms with Crippen molar-refractivity contribution in [2.75, 3.05) is 0 Å². The highest BCUT2D eigenvalue weighted by atomic mass is 16.1. The van der Waals surface area contributed by atoms with Crippen LogP contribution in [0.5, 0.6) is 0 Å². The Bertz CT molecular complexity index is 554. The van der Waals surface area contributed by atoms with Gasteiger partial charge in [0.2, 0.25) is 0 Å². The molecular weight excluding hydrogens is 214 g/mol. The highest BCUT2D eigenvalue weighted by molar-refractivity contribution is 5.36. The summed E-state index contributed by atoms with van der Waals surface area (Å²) in [5, 5.41) is 6.61. The van der Waals surface area contributed by atoms with Gasteiger partial charge in [0, 0.05) is 6.42 Å². The zero-order valence-corrected chi connectivity index (χ0v) is 10.2. The number of aromatic nitrogens is 3. The summed E-state index contributed by atoms with van der Waals surface area (Å²) in [4.78, 5) is 11.8. The zero-order chi connectivity index (χ0) is 12.3. The van der Waals surface area contributed by atoms with Crippen molar-refractivity contribution in [3.63, 3.8) is 0 Å². The molecule has 1 aromatic heterocycles. The van der Waals surface area contributed by atoms with Crippen LogP contribution in [0.2, 0.25) is 0 Å². The number of aromatic amines is 1. The molecule has 17 heavy (non-hydrogen) atoms. The Morgan fingerprint density at radius 2 is 2.24 bits per heavy atom. The molecule has 0 aliphatic rings. The third-order valence-corrected chi connectivity index (χ3v) is 2.76. The first-order chi connectivity index (χ1) is 8.22. The van der Waals surface area contributed by atoms with Gasteiger partial charge < -0.3 is 0 Å². The van der Waals surface area contributed by atoms with Gasteiger partial charge in [0.15, 0.2) is 0 Å². The van der Waals surface area contributed by atoms with Crippen LogP contribution in [0.25, 0.3) is 5.69 Å². The highest BCUT2D eigenvalue weighted by Crippen LogP contribution is 2.10. The molecule has 0 bridgehead atoms. The summed E-state index contributed by atoms with van der Waals surface area (Å²) in [6.45, 7) is 4.14. The van der Waals surface area contributed by atoms with E-state index >= 15 is 0 Å². The molecule has 0 atom stereocenters. The minimum atomic E-state index is -0.165. The average Bonchev–Trinajstić information content (AvgIpc) is 2.68. The second-order valence-electron chi connectivity index (χ2n) is 4.22. The summed E-state index contributed by atoms with van der Waals surface area (Å²) in [5.41, 5.74) is 1.86. The fourth-order valence-corrected chi connectivity index (χ4v) is 1.87. The number of H-pyrrole nitrogens is 1. The zero-order valence-electron chi connectivity index (χ0n) is 10.2. The number of nitrogens with zero attached hydrogens (tertiary/aromatic N) is 2. The number of rotatable bonds is 4. The fraction of sp³-hybridized carbons (Fsp3) is 0.385. The van der Waals surface area contributed by atoms with Crippen molar-refractivity contribution >= 4 is 0 Å². The molecule has 0 fully saturated rings. The van der Waals surface area contributed by atoms with Crippen molar-refractivity contribution in [3.8, 4) is 5.69 Å². The van der Waals surface area contributed by atoms with E-state index in [9.17, 15) is 4.79 Å². The van der Waals surface area contributed by atoms with Crippen LogP contribution in [-0.2, 0) is 6.42 Å². The van der Waals surface area contributed by atoms with Crippen LogP contribution >= 0.6 is 0 Å². The molecule has 0 saturated heterocycles. The molecular formula is C13H17N3O. The predicted molar refractivity (Wildman–Crippen MR) is 67.5 cm³/mol. The Morgan fingerprint density at radius 1 is 1.41 bits per heavy atom. The molecule has 0 spiro atoms. The molecule has 4 nitrogen and oxygen atoms in total. The summed E-state index contributed by atoms with van der Waals surface area (Å²) in [6.07, 6.45) is 2.95. The number of aryl methyl sites for hydroxylation is 2. The van der Waals surface area contributed by atoms with Crippen LogP contribution in [0, 0.1) is 6.92 Å². The molecule has 1 heterocycles. The van der Waals surface area contributed by atoms with E-state index in [0.29, 0.717) is 0 Å². The van der Waals surface area contributed by atoms with Crippen molar-refractivity contribution in [3.05, 3.63) is 46.1 Å². The Kier molecular flexibility index (Phi) is 3.42. The lowest BCUT2D eigenvalue weighted by Gasteiger charge is -2.05. The molecule has 0 amide bonds. The van der Waals surface area contributed by atoms with Crippen LogP contribution < -0.4 is 5.69 Å². The van der Waals surface area contributed by atoms with Crippen molar-refractivity contribution in [1.29, 1.82) is 0 Å². The molecule has 0 saturated carbocycles. The van der Waals surface area contributed by atoms with Gasteiger partial charge in [-0.05, 0) is 31.0 Å². The van der Waals surface area contributed by atoms with E-state index in [2.05, 4.69) is 17.1 Å². The number of benzene rings is 1. The highest BCUT2D eigenvalue weighted by Gasteiger charge is 2.09. The van der Waals surface area contributed by atoms with Gasteiger partial charge in [0.05, 0.1) is 5.69 Å². The van der Waals surface area contributed by atoms with E-state index < -0.39 is 0 Å². The van der Waals surface area contributed by atoms with Gasteiger partial charge in [0.1, 0.15) is 5.82 Å². The Balaban J connectivity index is 2.43. The molecule has 2 aromatic rings. The van der Waals surface area contributed by atoms with Crippen LogP contribution in [-0.4, -0.2) is 14.8 Å². The molecule has 1 aromatic carbocycles. The molecule has 0 radical (unpaired) electrons. The van der Waals surface area contributed by atoms with Crippen molar-refractivity contribution in [2.45, 2.75) is 33.1 Å². The number of nitrogens with one attached hydrogen (secondary N) is 1. The Labute approximate surface area is 100 Å². The van der Waals surface area contributed by atoms with E-state index in [4.69, 9.17) is 0 Å². The summed E-state index contributed by atoms with van der Waals surface area (Å²) in [7, 11) is 0. The molecule has 0 unspecified atom stereocenters. The first-order valence-electron chi connectivity index (χ1n) is 5.95. The summed E-state index contributed by atoms with van der Waals surface area (Å²) in [6, 6.07) is 7.89. The molecule has 4 heteroatoms. The first-order valence-corrected chi connectivity index (χ1v) is 5.95. The third-order valence-electron chi connectivity index (χ3n) is 2.76. The van der Waals surface area contributed by atoms with Crippen LogP contribution in [0.4, 0.5) is 0 Å². The quantitative estimate of drug-likeness (QED) is 0.877. The predicted octanol–water partition coefficient (Wildman–Crippen LogP) is 2.21. The van der Waals surface area contributed by atoms with E-state index in [1.54, 1.807) is 4.57 Å². The standard InChI is InChI=1S/C13H17N3O/c1-3-4-8-12-14-15-13(17)16(12)11-7-5-6-10(2)9-11/h5-7,9H,3-4,8H2,1-2H3,(H,15,17). The van der Waals surface area contributed by atoms with E-state index in [-0.39, 0.29) is 5.69 Å². The second kappa shape index (κ2) is 4.99. The van der Waals surface area contributed by atoms with Gasteiger partial charge in [-0.15, -0.1) is 0 Å². The lowest BCUT2D eigenvalue weighted by molar-refractivity contribution is 0.733. The molecule has 0 aliphatic carbocycles. The van der Waals surface area contributed by atoms with Crippen molar-refractivity contribution in [2.24, 2.45) is 0 Å². The van der Waals surface area contributed by atoms with Gasteiger partial charge in [-0.25, -0.2) is 14.5 Å². The van der Waals surface area contributed by atoms with Gasteiger partial charge in [-0.3, -0.25) is 0 Å². The fourth-order valence-electron chi connectivity index (χ4n) is 1.87. The van der Waals surface area contributed by atoms with Gasteiger partial charge in [-0.2, -0.15) is 5.10 Å². The number of unbranched alkanes of at least 4 members (excludes halogenated alkanes) is 1. The molecule has 0 aliphatic heterocycles. The minimum Gasteiger partial charge on any atom is -0.247 e. The van der Waals surface area contributed by atoms with Gasteiger partial charge >= 0.3 is 5.69 Å². The third kappa shape index (κ3) is 2.46. The summed E-state index contributed by atoms with van der Waals surface area (Å²) < 4.78 is 1.66. The minimum absolute atomic E-state index is 0.165. The van der Waals surface area contributed by atoms with Crippen LogP contribution in [0.1, 0.15) is 31.2 Å². The topological polar surface area (TPSA) is 50.7 Å². The lowest BCUT2D eigenvalue weighted by Crippen LogP contribution is -2.17. The lowest BCUT2D eigenvalue weighted by atomic mass is 10.2. The number of hydrogen-bond donors (Lipinski definition) is 1. The summed E-state index contributed by atoms with van der Waals surface area (Å²) >= 11 is 0. The SMILES string of the molecule is CCCCc1n[nH]c(=O)n1-c1cccc(C)c1. The Morgan fingerprint density at radius 3 is 2.94 bits per heavy atom. The monoisotopic (exact) mass is 231 g/mol. The summed E-state index contributed by atoms with van der Waals surface area (Å²) in [5.74, 6) is 0.808. The molecule has 90 valence electrons.